The van der Waals surface area contributed by atoms with E-state index in [-0.39, 0.29) is 36.1 Å². The third kappa shape index (κ3) is 7.37. The van der Waals surface area contributed by atoms with Gasteiger partial charge in [-0.15, -0.1) is 24.0 Å². The van der Waals surface area contributed by atoms with E-state index in [0.29, 0.717) is 26.2 Å². The average molecular weight is 566 g/mol. The number of hydrogen-bond acceptors (Lipinski definition) is 5. The van der Waals surface area contributed by atoms with Gasteiger partial charge in [0.15, 0.2) is 5.96 Å². The summed E-state index contributed by atoms with van der Waals surface area (Å²) in [4.78, 5) is 22.8. The van der Waals surface area contributed by atoms with Crippen molar-refractivity contribution in [1.82, 2.24) is 20.0 Å². The van der Waals surface area contributed by atoms with E-state index in [2.05, 4.69) is 26.2 Å². The summed E-state index contributed by atoms with van der Waals surface area (Å²) in [6.07, 6.45) is -0.242. The van der Waals surface area contributed by atoms with Crippen molar-refractivity contribution in [2.24, 2.45) is 4.99 Å². The number of morpholine rings is 1. The molecule has 8 nitrogen and oxygen atoms in total. The normalized spacial score (nSPS) is 18.9. The molecular weight excluding hydrogens is 533 g/mol. The molecule has 0 radical (unpaired) electrons. The summed E-state index contributed by atoms with van der Waals surface area (Å²) in [6, 6.07) is 8.22. The third-order valence-corrected chi connectivity index (χ3v) is 5.73. The Morgan fingerprint density at radius 3 is 2.48 bits per heavy atom. The molecule has 1 unspecified atom stereocenters. The van der Waals surface area contributed by atoms with Gasteiger partial charge in [0.25, 0.3) is 0 Å². The van der Waals surface area contributed by atoms with Gasteiger partial charge in [-0.1, -0.05) is 23.7 Å². The lowest BCUT2D eigenvalue weighted by Gasteiger charge is -2.38. The Hall–Kier alpha value is -1.30. The number of benzene rings is 1. The number of aliphatic imine (C=N–C) groups is 1. The summed E-state index contributed by atoms with van der Waals surface area (Å²) in [5.74, 6) is 0.846. The van der Waals surface area contributed by atoms with E-state index in [1.54, 1.807) is 11.9 Å². The minimum Gasteiger partial charge on any atom is -0.450 e. The predicted molar refractivity (Wildman–Crippen MR) is 134 cm³/mol. The number of amides is 1. The zero-order chi connectivity index (χ0) is 21.3. The molecular formula is C21H33ClIN5O3. The molecule has 0 spiro atoms. The van der Waals surface area contributed by atoms with Gasteiger partial charge >= 0.3 is 6.09 Å². The third-order valence-electron chi connectivity index (χ3n) is 5.49. The highest BCUT2D eigenvalue weighted by Gasteiger charge is 2.26. The van der Waals surface area contributed by atoms with Crippen molar-refractivity contribution in [3.8, 4) is 0 Å². The Morgan fingerprint density at radius 1 is 1.19 bits per heavy atom. The van der Waals surface area contributed by atoms with Gasteiger partial charge in [0.05, 0.1) is 25.9 Å². The van der Waals surface area contributed by atoms with Crippen LogP contribution >= 0.6 is 35.6 Å². The number of nitrogens with zero attached hydrogens (tertiary/aromatic N) is 4. The number of rotatable bonds is 5. The van der Waals surface area contributed by atoms with Crippen molar-refractivity contribution in [3.05, 3.63) is 34.9 Å². The maximum absolute atomic E-state index is 11.9. The Bertz CT molecular complexity index is 725. The van der Waals surface area contributed by atoms with Crippen molar-refractivity contribution in [2.45, 2.75) is 13.0 Å². The first-order valence-electron chi connectivity index (χ1n) is 10.6. The lowest BCUT2D eigenvalue weighted by molar-refractivity contribution is 0.0168. The molecule has 2 saturated heterocycles. The molecule has 2 aliphatic heterocycles. The van der Waals surface area contributed by atoms with Crippen LogP contribution in [0.25, 0.3) is 0 Å². The molecule has 0 bridgehead atoms. The molecule has 1 amide bonds. The van der Waals surface area contributed by atoms with Gasteiger partial charge in [-0.3, -0.25) is 9.89 Å². The van der Waals surface area contributed by atoms with Crippen molar-refractivity contribution in [3.63, 3.8) is 0 Å². The van der Waals surface area contributed by atoms with Gasteiger partial charge in [0, 0.05) is 57.9 Å². The van der Waals surface area contributed by atoms with Crippen molar-refractivity contribution in [2.75, 3.05) is 72.7 Å². The lowest BCUT2D eigenvalue weighted by Crippen LogP contribution is -2.55. The molecule has 10 heteroatoms. The van der Waals surface area contributed by atoms with E-state index >= 15 is 0 Å². The quantitative estimate of drug-likeness (QED) is 0.336. The van der Waals surface area contributed by atoms with Gasteiger partial charge in [0.2, 0.25) is 0 Å². The van der Waals surface area contributed by atoms with E-state index in [0.717, 1.165) is 50.4 Å². The zero-order valence-electron chi connectivity index (χ0n) is 18.3. The molecule has 174 valence electrons. The zero-order valence-corrected chi connectivity index (χ0v) is 21.3. The maximum Gasteiger partial charge on any atom is 0.409 e. The highest BCUT2D eigenvalue weighted by atomic mass is 127. The molecule has 1 aromatic carbocycles. The summed E-state index contributed by atoms with van der Waals surface area (Å²) in [6.45, 7) is 8.87. The van der Waals surface area contributed by atoms with Crippen molar-refractivity contribution >= 4 is 47.6 Å². The molecule has 31 heavy (non-hydrogen) atoms. The Labute approximate surface area is 206 Å². The first kappa shape index (κ1) is 26.0. The van der Waals surface area contributed by atoms with E-state index in [9.17, 15) is 4.79 Å². The van der Waals surface area contributed by atoms with Gasteiger partial charge in [-0.05, 0) is 24.6 Å². The van der Waals surface area contributed by atoms with Gasteiger partial charge < -0.3 is 24.6 Å². The number of hydrogen-bond donors (Lipinski definition) is 1. The number of carbonyl (C=O) groups excluding carboxylic acids is 1. The number of piperazine rings is 1. The number of carbonyl (C=O) groups is 1. The molecule has 0 aromatic heterocycles. The standard InChI is InChI=1S/C21H32ClN5O3.HI/c1-3-30-21(28)27-9-7-26(8-10-27)20(23-2)24-16-19(25-11-13-29-14-12-25)17-5-4-6-18(22)15-17;/h4-6,15,19H,3,7-14,16H2,1-2H3,(H,23,24);1H. The number of guanidine groups is 1. The SMILES string of the molecule is CCOC(=O)N1CCN(C(=NC)NCC(c2cccc(Cl)c2)N2CCOCC2)CC1.I. The molecule has 3 rings (SSSR count). The van der Waals surface area contributed by atoms with E-state index in [1.807, 2.05) is 25.1 Å². The van der Waals surface area contributed by atoms with Crippen LogP contribution < -0.4 is 5.32 Å². The fourth-order valence-electron chi connectivity index (χ4n) is 3.90. The van der Waals surface area contributed by atoms with Gasteiger partial charge in [-0.2, -0.15) is 0 Å². The second-order valence-electron chi connectivity index (χ2n) is 7.32. The largest absolute Gasteiger partial charge is 0.450 e. The molecule has 1 N–H and O–H groups in total. The summed E-state index contributed by atoms with van der Waals surface area (Å²) in [5.41, 5.74) is 1.18. The topological polar surface area (TPSA) is 69.6 Å². The predicted octanol–water partition coefficient (Wildman–Crippen LogP) is 2.68. The second-order valence-corrected chi connectivity index (χ2v) is 7.76. The highest BCUT2D eigenvalue weighted by Crippen LogP contribution is 2.24. The Kier molecular flexibility index (Phi) is 11.1. The van der Waals surface area contributed by atoms with E-state index in [4.69, 9.17) is 21.1 Å². The van der Waals surface area contributed by atoms with Crippen LogP contribution in [-0.4, -0.2) is 99.4 Å². The van der Waals surface area contributed by atoms with Crippen LogP contribution in [0.5, 0.6) is 0 Å². The second kappa shape index (κ2) is 13.3. The van der Waals surface area contributed by atoms with Crippen LogP contribution in [0.1, 0.15) is 18.5 Å². The van der Waals surface area contributed by atoms with Crippen molar-refractivity contribution < 1.29 is 14.3 Å². The number of ether oxygens (including phenoxy) is 2. The van der Waals surface area contributed by atoms with Gasteiger partial charge in [0.1, 0.15) is 0 Å². The lowest BCUT2D eigenvalue weighted by atomic mass is 10.0. The molecule has 2 aliphatic rings. The van der Waals surface area contributed by atoms with E-state index in [1.165, 1.54) is 5.56 Å². The monoisotopic (exact) mass is 565 g/mol. The smallest absolute Gasteiger partial charge is 0.409 e. The van der Waals surface area contributed by atoms with E-state index < -0.39 is 0 Å². The summed E-state index contributed by atoms with van der Waals surface area (Å²) < 4.78 is 10.6. The minimum absolute atomic E-state index is 0. The van der Waals surface area contributed by atoms with Crippen LogP contribution in [0.2, 0.25) is 5.02 Å². The van der Waals surface area contributed by atoms with Crippen LogP contribution in [-0.2, 0) is 9.47 Å². The number of nitrogens with one attached hydrogen (secondary N) is 1. The molecule has 0 saturated carbocycles. The van der Waals surface area contributed by atoms with Gasteiger partial charge in [-0.25, -0.2) is 4.79 Å². The Morgan fingerprint density at radius 2 is 1.87 bits per heavy atom. The first-order chi connectivity index (χ1) is 14.6. The number of halogens is 2. The van der Waals surface area contributed by atoms with Crippen LogP contribution in [0, 0.1) is 0 Å². The fourth-order valence-corrected chi connectivity index (χ4v) is 4.10. The highest BCUT2D eigenvalue weighted by molar-refractivity contribution is 14.0. The summed E-state index contributed by atoms with van der Waals surface area (Å²) >= 11 is 6.26. The summed E-state index contributed by atoms with van der Waals surface area (Å²) in [5, 5.41) is 4.28. The molecule has 1 atom stereocenters. The van der Waals surface area contributed by atoms with Crippen molar-refractivity contribution in [1.29, 1.82) is 0 Å². The minimum atomic E-state index is -0.242. The average Bonchev–Trinajstić information content (AvgIpc) is 2.78. The first-order valence-corrected chi connectivity index (χ1v) is 10.9. The van der Waals surface area contributed by atoms with Crippen LogP contribution in [0.4, 0.5) is 4.79 Å². The van der Waals surface area contributed by atoms with Crippen LogP contribution in [0.15, 0.2) is 29.3 Å². The molecule has 2 heterocycles. The Balaban J connectivity index is 0.00000341. The molecule has 1 aromatic rings. The summed E-state index contributed by atoms with van der Waals surface area (Å²) in [7, 11) is 1.79. The molecule has 0 aliphatic carbocycles. The van der Waals surface area contributed by atoms with Crippen LogP contribution in [0.3, 0.4) is 0 Å². The maximum atomic E-state index is 11.9. The molecule has 2 fully saturated rings. The fraction of sp³-hybridized carbons (Fsp3) is 0.619.